The minimum atomic E-state index is -3.15. The lowest BCUT2D eigenvalue weighted by Gasteiger charge is -2.02. The van der Waals surface area contributed by atoms with Crippen LogP contribution in [-0.4, -0.2) is 24.5 Å². The lowest BCUT2D eigenvalue weighted by Crippen LogP contribution is -2.01. The molecule has 0 saturated heterocycles. The molecular formula is C11H13N3O2S. The topological polar surface area (TPSA) is 78.0 Å². The Hall–Kier alpha value is -1.66. The van der Waals surface area contributed by atoms with Gasteiger partial charge < -0.3 is 5.73 Å². The molecule has 1 heterocycles. The smallest absolute Gasteiger partial charge is 0.175 e. The summed E-state index contributed by atoms with van der Waals surface area (Å²) in [6.45, 7) is 0.383. The van der Waals surface area contributed by atoms with Crippen LogP contribution >= 0.6 is 0 Å². The molecule has 17 heavy (non-hydrogen) atoms. The monoisotopic (exact) mass is 251 g/mol. The van der Waals surface area contributed by atoms with Crippen molar-refractivity contribution >= 4 is 9.84 Å². The van der Waals surface area contributed by atoms with Gasteiger partial charge in [0, 0.05) is 19.0 Å². The molecule has 0 amide bonds. The van der Waals surface area contributed by atoms with Gasteiger partial charge in [0.15, 0.2) is 9.84 Å². The predicted octanol–water partition coefficient (Wildman–Crippen LogP) is 0.734. The first-order valence-corrected chi connectivity index (χ1v) is 6.95. The second-order valence-electron chi connectivity index (χ2n) is 3.72. The molecule has 2 N–H and O–H groups in total. The van der Waals surface area contributed by atoms with Gasteiger partial charge in [-0.25, -0.2) is 13.1 Å². The Kier molecular flexibility index (Phi) is 2.99. The van der Waals surface area contributed by atoms with Crippen molar-refractivity contribution in [2.24, 2.45) is 5.73 Å². The molecule has 1 aromatic carbocycles. The zero-order valence-corrected chi connectivity index (χ0v) is 10.2. The summed E-state index contributed by atoms with van der Waals surface area (Å²) in [5.74, 6) is 0. The van der Waals surface area contributed by atoms with E-state index in [4.69, 9.17) is 5.73 Å². The van der Waals surface area contributed by atoms with Crippen molar-refractivity contribution in [1.82, 2.24) is 9.78 Å². The van der Waals surface area contributed by atoms with Gasteiger partial charge in [0.25, 0.3) is 0 Å². The van der Waals surface area contributed by atoms with Crippen LogP contribution in [0.15, 0.2) is 41.4 Å². The van der Waals surface area contributed by atoms with Gasteiger partial charge in [0.05, 0.1) is 16.3 Å². The van der Waals surface area contributed by atoms with Crippen LogP contribution in [0.5, 0.6) is 0 Å². The third-order valence-corrected chi connectivity index (χ3v) is 3.51. The van der Waals surface area contributed by atoms with Gasteiger partial charge in [-0.15, -0.1) is 0 Å². The highest BCUT2D eigenvalue weighted by Crippen LogP contribution is 2.13. The van der Waals surface area contributed by atoms with Crippen LogP contribution in [0, 0.1) is 0 Å². The van der Waals surface area contributed by atoms with E-state index >= 15 is 0 Å². The molecule has 0 radical (unpaired) electrons. The van der Waals surface area contributed by atoms with Crippen LogP contribution in [0.25, 0.3) is 5.69 Å². The summed E-state index contributed by atoms with van der Waals surface area (Å²) in [5.41, 5.74) is 7.06. The summed E-state index contributed by atoms with van der Waals surface area (Å²) >= 11 is 0. The number of nitrogens with zero attached hydrogens (tertiary/aromatic N) is 2. The lowest BCUT2D eigenvalue weighted by molar-refractivity contribution is 0.602. The molecule has 6 heteroatoms. The van der Waals surface area contributed by atoms with E-state index in [-0.39, 0.29) is 0 Å². The molecule has 1 aromatic heterocycles. The molecule has 0 atom stereocenters. The number of hydrogen-bond acceptors (Lipinski definition) is 4. The molecule has 5 nitrogen and oxygen atoms in total. The SMILES string of the molecule is CS(=O)(=O)c1ccc(-n2ccc(CN)n2)cc1. The Bertz CT molecular complexity index is 614. The maximum absolute atomic E-state index is 11.3. The molecular weight excluding hydrogens is 238 g/mol. The van der Waals surface area contributed by atoms with Crippen molar-refractivity contribution in [3.63, 3.8) is 0 Å². The highest BCUT2D eigenvalue weighted by atomic mass is 32.2. The predicted molar refractivity (Wildman–Crippen MR) is 64.6 cm³/mol. The van der Waals surface area contributed by atoms with Crippen molar-refractivity contribution < 1.29 is 8.42 Å². The number of nitrogens with two attached hydrogens (primary N) is 1. The number of sulfone groups is 1. The first kappa shape index (κ1) is 11.8. The van der Waals surface area contributed by atoms with Crippen LogP contribution in [0.3, 0.4) is 0 Å². The van der Waals surface area contributed by atoms with Crippen molar-refractivity contribution in [2.45, 2.75) is 11.4 Å². The maximum atomic E-state index is 11.3. The van der Waals surface area contributed by atoms with Gasteiger partial charge in [-0.1, -0.05) is 0 Å². The highest BCUT2D eigenvalue weighted by molar-refractivity contribution is 7.90. The van der Waals surface area contributed by atoms with E-state index in [2.05, 4.69) is 5.10 Å². The average Bonchev–Trinajstić information content (AvgIpc) is 2.76. The van der Waals surface area contributed by atoms with E-state index in [1.54, 1.807) is 35.1 Å². The molecule has 0 fully saturated rings. The van der Waals surface area contributed by atoms with Crippen LogP contribution < -0.4 is 5.73 Å². The molecule has 0 saturated carbocycles. The standard InChI is InChI=1S/C11H13N3O2S/c1-17(15,16)11-4-2-10(3-5-11)14-7-6-9(8-12)13-14/h2-7H,8,12H2,1H3. The van der Waals surface area contributed by atoms with Crippen LogP contribution in [-0.2, 0) is 16.4 Å². The Balaban J connectivity index is 2.35. The summed E-state index contributed by atoms with van der Waals surface area (Å²) < 4.78 is 24.2. The summed E-state index contributed by atoms with van der Waals surface area (Å²) in [6.07, 6.45) is 2.97. The minimum Gasteiger partial charge on any atom is -0.325 e. The summed E-state index contributed by atoms with van der Waals surface area (Å²) in [4.78, 5) is 0.299. The fourth-order valence-corrected chi connectivity index (χ4v) is 2.09. The Labute approximate surface area is 99.8 Å². The van der Waals surface area contributed by atoms with Crippen molar-refractivity contribution in [3.8, 4) is 5.69 Å². The quantitative estimate of drug-likeness (QED) is 0.872. The third-order valence-electron chi connectivity index (χ3n) is 2.38. The van der Waals surface area contributed by atoms with Crippen LogP contribution in [0.4, 0.5) is 0 Å². The maximum Gasteiger partial charge on any atom is 0.175 e. The number of aromatic nitrogens is 2. The van der Waals surface area contributed by atoms with E-state index in [1.165, 1.54) is 6.26 Å². The fourth-order valence-electron chi connectivity index (χ4n) is 1.46. The van der Waals surface area contributed by atoms with Gasteiger partial charge in [-0.05, 0) is 30.3 Å². The molecule has 0 aliphatic rings. The molecule has 0 unspecified atom stereocenters. The zero-order chi connectivity index (χ0) is 12.5. The number of hydrogen-bond donors (Lipinski definition) is 1. The molecule has 0 aliphatic carbocycles. The Morgan fingerprint density at radius 3 is 2.35 bits per heavy atom. The fraction of sp³-hybridized carbons (Fsp3) is 0.182. The molecule has 0 aliphatic heterocycles. The largest absolute Gasteiger partial charge is 0.325 e. The minimum absolute atomic E-state index is 0.299. The third kappa shape index (κ3) is 2.54. The second kappa shape index (κ2) is 4.31. The van der Waals surface area contributed by atoms with E-state index in [0.717, 1.165) is 11.4 Å². The van der Waals surface area contributed by atoms with Crippen molar-refractivity contribution in [1.29, 1.82) is 0 Å². The zero-order valence-electron chi connectivity index (χ0n) is 9.37. The number of benzene rings is 1. The molecule has 0 bridgehead atoms. The molecule has 2 rings (SSSR count). The summed E-state index contributed by atoms with van der Waals surface area (Å²) in [7, 11) is -3.15. The first-order chi connectivity index (χ1) is 8.00. The Morgan fingerprint density at radius 1 is 1.24 bits per heavy atom. The van der Waals surface area contributed by atoms with E-state index in [1.807, 2.05) is 6.07 Å². The van der Waals surface area contributed by atoms with E-state index < -0.39 is 9.84 Å². The second-order valence-corrected chi connectivity index (χ2v) is 5.74. The molecule has 90 valence electrons. The highest BCUT2D eigenvalue weighted by Gasteiger charge is 2.07. The van der Waals surface area contributed by atoms with Gasteiger partial charge in [-0.3, -0.25) is 0 Å². The molecule has 0 spiro atoms. The lowest BCUT2D eigenvalue weighted by atomic mass is 10.3. The Morgan fingerprint density at radius 2 is 1.88 bits per heavy atom. The van der Waals surface area contributed by atoms with E-state index in [0.29, 0.717) is 11.4 Å². The van der Waals surface area contributed by atoms with Crippen molar-refractivity contribution in [2.75, 3.05) is 6.26 Å². The van der Waals surface area contributed by atoms with Gasteiger partial charge in [0.1, 0.15) is 0 Å². The molecule has 2 aromatic rings. The van der Waals surface area contributed by atoms with Gasteiger partial charge >= 0.3 is 0 Å². The summed E-state index contributed by atoms with van der Waals surface area (Å²) in [6, 6.07) is 8.38. The van der Waals surface area contributed by atoms with Crippen LogP contribution in [0.2, 0.25) is 0 Å². The average molecular weight is 251 g/mol. The summed E-state index contributed by atoms with van der Waals surface area (Å²) in [5, 5.41) is 4.23. The normalized spacial score (nSPS) is 11.6. The van der Waals surface area contributed by atoms with Gasteiger partial charge in [0.2, 0.25) is 0 Å². The first-order valence-electron chi connectivity index (χ1n) is 5.06. The van der Waals surface area contributed by atoms with Crippen LogP contribution in [0.1, 0.15) is 5.69 Å². The van der Waals surface area contributed by atoms with E-state index in [9.17, 15) is 8.42 Å². The van der Waals surface area contributed by atoms with Crippen molar-refractivity contribution in [3.05, 3.63) is 42.2 Å². The number of rotatable bonds is 3. The van der Waals surface area contributed by atoms with Gasteiger partial charge in [-0.2, -0.15) is 5.10 Å².